The first kappa shape index (κ1) is 15.6. The van der Waals surface area contributed by atoms with Gasteiger partial charge in [-0.05, 0) is 37.6 Å². The third-order valence-electron chi connectivity index (χ3n) is 3.42. The molecule has 1 fully saturated rings. The molecule has 20 heavy (non-hydrogen) atoms. The Bertz CT molecular complexity index is 573. The standard InChI is InChI=1S/C13H20ClN3O2S/c1-2-17(11-4-5-11)8-7-16-20(18,19)13-6-3-10(14)9-12(13)15/h3,6,9,11,16H,2,4-5,7-8,15H2,1H3. The molecule has 0 amide bonds. The van der Waals surface area contributed by atoms with Gasteiger partial charge in [-0.25, -0.2) is 13.1 Å². The molecule has 5 nitrogen and oxygen atoms in total. The Morgan fingerprint density at radius 3 is 2.70 bits per heavy atom. The molecule has 0 saturated heterocycles. The number of nitrogens with zero attached hydrogens (tertiary/aromatic N) is 1. The fraction of sp³-hybridized carbons (Fsp3) is 0.538. The van der Waals surface area contributed by atoms with E-state index in [9.17, 15) is 8.42 Å². The topological polar surface area (TPSA) is 75.4 Å². The zero-order chi connectivity index (χ0) is 14.8. The van der Waals surface area contributed by atoms with Crippen LogP contribution in [0.1, 0.15) is 19.8 Å². The van der Waals surface area contributed by atoms with Gasteiger partial charge < -0.3 is 5.73 Å². The number of anilines is 1. The molecule has 1 aromatic carbocycles. The van der Waals surface area contributed by atoms with Crippen molar-refractivity contribution in [3.05, 3.63) is 23.2 Å². The van der Waals surface area contributed by atoms with Crippen LogP contribution in [0, 0.1) is 0 Å². The maximum absolute atomic E-state index is 12.2. The number of sulfonamides is 1. The number of hydrogen-bond donors (Lipinski definition) is 2. The summed E-state index contributed by atoms with van der Waals surface area (Å²) in [6, 6.07) is 5.02. The van der Waals surface area contributed by atoms with E-state index in [4.69, 9.17) is 17.3 Å². The highest BCUT2D eigenvalue weighted by Crippen LogP contribution is 2.26. The SMILES string of the molecule is CCN(CCNS(=O)(=O)c1ccc(Cl)cc1N)C1CC1. The highest BCUT2D eigenvalue weighted by Gasteiger charge is 2.27. The van der Waals surface area contributed by atoms with Crippen molar-refractivity contribution in [2.24, 2.45) is 0 Å². The summed E-state index contributed by atoms with van der Waals surface area (Å²) in [7, 11) is -3.58. The summed E-state index contributed by atoms with van der Waals surface area (Å²) in [6.07, 6.45) is 2.43. The Labute approximate surface area is 125 Å². The predicted octanol–water partition coefficient (Wildman–Crippen LogP) is 1.68. The summed E-state index contributed by atoms with van der Waals surface area (Å²) in [6.45, 7) is 4.13. The summed E-state index contributed by atoms with van der Waals surface area (Å²) in [4.78, 5) is 2.37. The van der Waals surface area contributed by atoms with Crippen LogP contribution in [0.3, 0.4) is 0 Å². The van der Waals surface area contributed by atoms with Gasteiger partial charge >= 0.3 is 0 Å². The minimum Gasteiger partial charge on any atom is -0.398 e. The van der Waals surface area contributed by atoms with Crippen LogP contribution in [-0.2, 0) is 10.0 Å². The molecule has 0 bridgehead atoms. The van der Waals surface area contributed by atoms with Gasteiger partial charge in [-0.3, -0.25) is 4.90 Å². The number of nitrogens with one attached hydrogen (secondary N) is 1. The molecular formula is C13H20ClN3O2S. The van der Waals surface area contributed by atoms with E-state index in [2.05, 4.69) is 16.5 Å². The van der Waals surface area contributed by atoms with E-state index < -0.39 is 10.0 Å². The van der Waals surface area contributed by atoms with Crippen molar-refractivity contribution in [1.82, 2.24) is 9.62 Å². The third kappa shape index (κ3) is 3.85. The van der Waals surface area contributed by atoms with E-state index in [1.807, 2.05) is 0 Å². The van der Waals surface area contributed by atoms with Crippen LogP contribution in [0.4, 0.5) is 5.69 Å². The zero-order valence-corrected chi connectivity index (χ0v) is 13.0. The van der Waals surface area contributed by atoms with Gasteiger partial charge in [-0.1, -0.05) is 18.5 Å². The van der Waals surface area contributed by atoms with E-state index in [1.54, 1.807) is 0 Å². The smallest absolute Gasteiger partial charge is 0.242 e. The van der Waals surface area contributed by atoms with Gasteiger partial charge in [0.2, 0.25) is 10.0 Å². The summed E-state index contributed by atoms with van der Waals surface area (Å²) in [5.74, 6) is 0. The average molecular weight is 318 g/mol. The fourth-order valence-corrected chi connectivity index (χ4v) is 3.52. The molecule has 1 aliphatic carbocycles. The number of rotatable bonds is 7. The lowest BCUT2D eigenvalue weighted by Gasteiger charge is -2.19. The minimum atomic E-state index is -3.58. The lowest BCUT2D eigenvalue weighted by Crippen LogP contribution is -2.36. The molecule has 3 N–H and O–H groups in total. The fourth-order valence-electron chi connectivity index (χ4n) is 2.20. The number of halogens is 1. The highest BCUT2D eigenvalue weighted by atomic mass is 35.5. The van der Waals surface area contributed by atoms with Crippen LogP contribution in [0.2, 0.25) is 5.02 Å². The first-order valence-corrected chi connectivity index (χ1v) is 8.59. The van der Waals surface area contributed by atoms with Crippen molar-refractivity contribution >= 4 is 27.3 Å². The predicted molar refractivity (Wildman–Crippen MR) is 81.3 cm³/mol. The van der Waals surface area contributed by atoms with Crippen LogP contribution in [0.15, 0.2) is 23.1 Å². The van der Waals surface area contributed by atoms with Crippen LogP contribution in [0.5, 0.6) is 0 Å². The molecule has 0 unspecified atom stereocenters. The molecule has 112 valence electrons. The normalized spacial score (nSPS) is 15.8. The van der Waals surface area contributed by atoms with Crippen molar-refractivity contribution in [3.63, 3.8) is 0 Å². The van der Waals surface area contributed by atoms with Crippen molar-refractivity contribution in [2.75, 3.05) is 25.4 Å². The number of nitrogens with two attached hydrogens (primary N) is 1. The van der Waals surface area contributed by atoms with Gasteiger partial charge in [-0.2, -0.15) is 0 Å². The van der Waals surface area contributed by atoms with Crippen LogP contribution in [-0.4, -0.2) is 39.0 Å². The summed E-state index contributed by atoms with van der Waals surface area (Å²) in [5.41, 5.74) is 5.88. The quantitative estimate of drug-likeness (QED) is 0.750. The first-order valence-electron chi connectivity index (χ1n) is 6.73. The highest BCUT2D eigenvalue weighted by molar-refractivity contribution is 7.89. The number of nitrogen functional groups attached to an aromatic ring is 1. The van der Waals surface area contributed by atoms with Gasteiger partial charge in [0.05, 0.1) is 5.69 Å². The second kappa shape index (κ2) is 6.30. The molecule has 0 aliphatic heterocycles. The third-order valence-corrected chi connectivity index (χ3v) is 5.19. The number of hydrogen-bond acceptors (Lipinski definition) is 4. The van der Waals surface area contributed by atoms with E-state index in [1.165, 1.54) is 31.0 Å². The van der Waals surface area contributed by atoms with Crippen molar-refractivity contribution < 1.29 is 8.42 Å². The second-order valence-electron chi connectivity index (χ2n) is 4.94. The van der Waals surface area contributed by atoms with E-state index in [-0.39, 0.29) is 10.6 Å². The largest absolute Gasteiger partial charge is 0.398 e. The van der Waals surface area contributed by atoms with Gasteiger partial charge in [0, 0.05) is 24.2 Å². The van der Waals surface area contributed by atoms with Crippen molar-refractivity contribution in [2.45, 2.75) is 30.7 Å². The van der Waals surface area contributed by atoms with Gasteiger partial charge in [-0.15, -0.1) is 0 Å². The lowest BCUT2D eigenvalue weighted by atomic mass is 10.3. The van der Waals surface area contributed by atoms with E-state index in [0.29, 0.717) is 24.2 Å². The molecule has 0 heterocycles. The van der Waals surface area contributed by atoms with Gasteiger partial charge in [0.1, 0.15) is 4.90 Å². The van der Waals surface area contributed by atoms with Crippen LogP contribution < -0.4 is 10.5 Å². The molecule has 1 aliphatic rings. The van der Waals surface area contributed by atoms with Gasteiger partial charge in [0.15, 0.2) is 0 Å². The zero-order valence-electron chi connectivity index (χ0n) is 11.5. The lowest BCUT2D eigenvalue weighted by molar-refractivity contribution is 0.282. The molecule has 1 aromatic rings. The summed E-state index contributed by atoms with van der Waals surface area (Å²) >= 11 is 5.77. The van der Waals surface area contributed by atoms with E-state index in [0.717, 1.165) is 6.54 Å². The van der Waals surface area contributed by atoms with Crippen LogP contribution >= 0.6 is 11.6 Å². The number of benzene rings is 1. The Hall–Kier alpha value is -0.820. The minimum absolute atomic E-state index is 0.0800. The monoisotopic (exact) mass is 317 g/mol. The average Bonchev–Trinajstić information content (AvgIpc) is 3.18. The molecule has 2 rings (SSSR count). The second-order valence-corrected chi connectivity index (χ2v) is 7.11. The Balaban J connectivity index is 1.96. The Morgan fingerprint density at radius 1 is 1.45 bits per heavy atom. The van der Waals surface area contributed by atoms with Crippen molar-refractivity contribution in [3.8, 4) is 0 Å². The maximum atomic E-state index is 12.2. The maximum Gasteiger partial charge on any atom is 0.242 e. The van der Waals surface area contributed by atoms with E-state index >= 15 is 0 Å². The molecular weight excluding hydrogens is 298 g/mol. The summed E-state index contributed by atoms with van der Waals surface area (Å²) < 4.78 is 26.9. The molecule has 1 saturated carbocycles. The Kier molecular flexibility index (Phi) is 4.90. The molecule has 0 radical (unpaired) electrons. The van der Waals surface area contributed by atoms with Gasteiger partial charge in [0.25, 0.3) is 0 Å². The number of likely N-dealkylation sites (N-methyl/N-ethyl adjacent to an activating group) is 1. The van der Waals surface area contributed by atoms with Crippen LogP contribution in [0.25, 0.3) is 0 Å². The molecule has 0 spiro atoms. The first-order chi connectivity index (χ1) is 9.44. The summed E-state index contributed by atoms with van der Waals surface area (Å²) in [5, 5.41) is 0.423. The molecule has 0 aromatic heterocycles. The Morgan fingerprint density at radius 2 is 2.15 bits per heavy atom. The van der Waals surface area contributed by atoms with Crippen molar-refractivity contribution in [1.29, 1.82) is 0 Å². The molecule has 7 heteroatoms. The molecule has 0 atom stereocenters.